The fraction of sp³-hybridized carbons (Fsp3) is 0.529. The first-order valence-electron chi connectivity index (χ1n) is 8.24. The van der Waals surface area contributed by atoms with Gasteiger partial charge in [0, 0.05) is 32.1 Å². The first-order valence-corrected chi connectivity index (χ1v) is 8.24. The fourth-order valence-corrected chi connectivity index (χ4v) is 2.75. The zero-order chi connectivity index (χ0) is 17.4. The summed E-state index contributed by atoms with van der Waals surface area (Å²) in [5, 5.41) is 2.82. The Morgan fingerprint density at radius 2 is 2.04 bits per heavy atom. The van der Waals surface area contributed by atoms with E-state index in [-0.39, 0.29) is 36.7 Å². The van der Waals surface area contributed by atoms with Crippen LogP contribution in [0.2, 0.25) is 0 Å². The van der Waals surface area contributed by atoms with Gasteiger partial charge in [-0.05, 0) is 43.5 Å². The predicted octanol–water partition coefficient (Wildman–Crippen LogP) is 1.05. The second kappa shape index (κ2) is 9.22. The lowest BCUT2D eigenvalue weighted by atomic mass is 10.0. The van der Waals surface area contributed by atoms with Crippen LogP contribution in [-0.4, -0.2) is 49.0 Å². The molecule has 0 aromatic heterocycles. The van der Waals surface area contributed by atoms with Gasteiger partial charge in [0.15, 0.2) is 6.61 Å². The maximum Gasteiger partial charge on any atom is 0.260 e. The highest BCUT2D eigenvalue weighted by Crippen LogP contribution is 2.17. The number of carbonyl (C=O) groups is 2. The van der Waals surface area contributed by atoms with Crippen LogP contribution in [0.4, 0.5) is 4.39 Å². The average molecular weight is 337 g/mol. The summed E-state index contributed by atoms with van der Waals surface area (Å²) in [6.45, 7) is 1.30. The molecule has 7 heteroatoms. The molecule has 24 heavy (non-hydrogen) atoms. The van der Waals surface area contributed by atoms with Crippen molar-refractivity contribution in [2.45, 2.75) is 31.7 Å². The molecular formula is C17H24FN3O3. The molecule has 1 heterocycles. The summed E-state index contributed by atoms with van der Waals surface area (Å²) in [6.07, 6.45) is 3.11. The number of nitrogens with zero attached hydrogens (tertiary/aromatic N) is 1. The highest BCUT2D eigenvalue weighted by Gasteiger charge is 2.27. The maximum absolute atomic E-state index is 12.9. The number of hydrogen-bond donors (Lipinski definition) is 2. The first-order chi connectivity index (χ1) is 11.6. The van der Waals surface area contributed by atoms with Crippen molar-refractivity contribution in [2.24, 2.45) is 5.73 Å². The first kappa shape index (κ1) is 18.2. The Labute approximate surface area is 141 Å². The largest absolute Gasteiger partial charge is 0.484 e. The lowest BCUT2D eigenvalue weighted by Gasteiger charge is -2.35. The lowest BCUT2D eigenvalue weighted by Crippen LogP contribution is -2.50. The molecule has 0 spiro atoms. The van der Waals surface area contributed by atoms with Crippen LogP contribution in [-0.2, 0) is 9.59 Å². The molecular weight excluding hydrogens is 313 g/mol. The number of ether oxygens (including phenoxy) is 1. The van der Waals surface area contributed by atoms with E-state index in [1.165, 1.54) is 24.3 Å². The Balaban J connectivity index is 1.85. The Hall–Kier alpha value is -2.15. The second-order valence-electron chi connectivity index (χ2n) is 5.82. The van der Waals surface area contributed by atoms with Gasteiger partial charge in [-0.1, -0.05) is 0 Å². The van der Waals surface area contributed by atoms with Crippen molar-refractivity contribution in [3.8, 4) is 5.75 Å². The number of nitrogens with one attached hydrogen (secondary N) is 1. The minimum absolute atomic E-state index is 0.0233. The minimum Gasteiger partial charge on any atom is -0.484 e. The van der Waals surface area contributed by atoms with Gasteiger partial charge < -0.3 is 20.7 Å². The monoisotopic (exact) mass is 337 g/mol. The third-order valence-electron chi connectivity index (χ3n) is 4.03. The van der Waals surface area contributed by atoms with Gasteiger partial charge in [0.1, 0.15) is 11.6 Å². The topological polar surface area (TPSA) is 84.7 Å². The Morgan fingerprint density at radius 1 is 1.29 bits per heavy atom. The molecule has 1 saturated heterocycles. The van der Waals surface area contributed by atoms with E-state index in [1.54, 1.807) is 4.90 Å². The Morgan fingerprint density at radius 3 is 2.75 bits per heavy atom. The number of halogens is 1. The SMILES string of the molecule is NCCC(=O)NCC1CCCCN1C(=O)COc1ccc(F)cc1. The predicted molar refractivity (Wildman–Crippen MR) is 87.9 cm³/mol. The average Bonchev–Trinajstić information content (AvgIpc) is 2.60. The molecule has 3 N–H and O–H groups in total. The van der Waals surface area contributed by atoms with E-state index in [9.17, 15) is 14.0 Å². The maximum atomic E-state index is 12.9. The molecule has 1 atom stereocenters. The van der Waals surface area contributed by atoms with Gasteiger partial charge in [-0.25, -0.2) is 4.39 Å². The standard InChI is InChI=1S/C17H24FN3O3/c18-13-4-6-15(7-5-13)24-12-17(23)21-10-2-1-3-14(21)11-20-16(22)8-9-19/h4-7,14H,1-3,8-12,19H2,(H,20,22). The molecule has 0 aliphatic carbocycles. The summed E-state index contributed by atoms with van der Waals surface area (Å²) in [5.41, 5.74) is 5.35. The molecule has 2 rings (SSSR count). The minimum atomic E-state index is -0.349. The quantitative estimate of drug-likeness (QED) is 0.779. The number of rotatable bonds is 7. The van der Waals surface area contributed by atoms with Gasteiger partial charge in [-0.2, -0.15) is 0 Å². The molecule has 132 valence electrons. The number of amides is 2. The Bertz CT molecular complexity index is 551. The molecule has 1 aliphatic rings. The lowest BCUT2D eigenvalue weighted by molar-refractivity contribution is -0.137. The number of benzene rings is 1. The molecule has 1 aliphatic heterocycles. The number of piperidine rings is 1. The Kier molecular flexibility index (Phi) is 6.99. The van der Waals surface area contributed by atoms with Gasteiger partial charge in [-0.3, -0.25) is 9.59 Å². The molecule has 6 nitrogen and oxygen atoms in total. The van der Waals surface area contributed by atoms with E-state index in [4.69, 9.17) is 10.5 Å². The van der Waals surface area contributed by atoms with Gasteiger partial charge in [0.2, 0.25) is 5.91 Å². The van der Waals surface area contributed by atoms with E-state index in [1.807, 2.05) is 0 Å². The van der Waals surface area contributed by atoms with Gasteiger partial charge >= 0.3 is 0 Å². The molecule has 1 aromatic carbocycles. The van der Waals surface area contributed by atoms with Gasteiger partial charge in [-0.15, -0.1) is 0 Å². The highest BCUT2D eigenvalue weighted by molar-refractivity contribution is 5.79. The van der Waals surface area contributed by atoms with Crippen LogP contribution in [0.15, 0.2) is 24.3 Å². The number of carbonyl (C=O) groups excluding carboxylic acids is 2. The summed E-state index contributed by atoms with van der Waals surface area (Å²) in [6, 6.07) is 5.53. The van der Waals surface area contributed by atoms with Crippen molar-refractivity contribution in [3.05, 3.63) is 30.1 Å². The van der Waals surface area contributed by atoms with E-state index in [0.717, 1.165) is 19.3 Å². The summed E-state index contributed by atoms with van der Waals surface area (Å²) in [5.74, 6) is -0.123. The smallest absolute Gasteiger partial charge is 0.260 e. The van der Waals surface area contributed by atoms with Crippen LogP contribution >= 0.6 is 0 Å². The van der Waals surface area contributed by atoms with E-state index < -0.39 is 0 Å². The molecule has 1 aromatic rings. The highest BCUT2D eigenvalue weighted by atomic mass is 19.1. The van der Waals surface area contributed by atoms with Crippen LogP contribution in [0.5, 0.6) is 5.75 Å². The number of nitrogens with two attached hydrogens (primary N) is 1. The van der Waals surface area contributed by atoms with Crippen LogP contribution in [0.1, 0.15) is 25.7 Å². The number of hydrogen-bond acceptors (Lipinski definition) is 4. The summed E-state index contributed by atoms with van der Waals surface area (Å²) in [7, 11) is 0. The van der Waals surface area contributed by atoms with Crippen molar-refractivity contribution in [3.63, 3.8) is 0 Å². The van der Waals surface area contributed by atoms with Crippen LogP contribution in [0.25, 0.3) is 0 Å². The van der Waals surface area contributed by atoms with Crippen molar-refractivity contribution < 1.29 is 18.7 Å². The molecule has 0 radical (unpaired) electrons. The van der Waals surface area contributed by atoms with Gasteiger partial charge in [0.05, 0.1) is 0 Å². The summed E-state index contributed by atoms with van der Waals surface area (Å²) in [4.78, 5) is 25.7. The van der Waals surface area contributed by atoms with Crippen molar-refractivity contribution in [1.82, 2.24) is 10.2 Å². The van der Waals surface area contributed by atoms with Crippen molar-refractivity contribution >= 4 is 11.8 Å². The molecule has 0 saturated carbocycles. The molecule has 2 amide bonds. The van der Waals surface area contributed by atoms with E-state index in [2.05, 4.69) is 5.32 Å². The second-order valence-corrected chi connectivity index (χ2v) is 5.82. The summed E-state index contributed by atoms with van der Waals surface area (Å²) < 4.78 is 18.3. The van der Waals surface area contributed by atoms with Crippen LogP contribution in [0, 0.1) is 5.82 Å². The van der Waals surface area contributed by atoms with Crippen molar-refractivity contribution in [1.29, 1.82) is 0 Å². The molecule has 1 fully saturated rings. The number of likely N-dealkylation sites (tertiary alicyclic amines) is 1. The molecule has 0 bridgehead atoms. The normalized spacial score (nSPS) is 17.4. The zero-order valence-electron chi connectivity index (χ0n) is 13.7. The third-order valence-corrected chi connectivity index (χ3v) is 4.03. The van der Waals surface area contributed by atoms with Gasteiger partial charge in [0.25, 0.3) is 5.91 Å². The van der Waals surface area contributed by atoms with Crippen LogP contribution in [0.3, 0.4) is 0 Å². The van der Waals surface area contributed by atoms with E-state index in [0.29, 0.717) is 25.4 Å². The van der Waals surface area contributed by atoms with Crippen molar-refractivity contribution in [2.75, 3.05) is 26.2 Å². The molecule has 1 unspecified atom stereocenters. The van der Waals surface area contributed by atoms with E-state index >= 15 is 0 Å². The third kappa shape index (κ3) is 5.49. The fourth-order valence-electron chi connectivity index (χ4n) is 2.75. The van der Waals surface area contributed by atoms with Crippen LogP contribution < -0.4 is 15.8 Å². The summed E-state index contributed by atoms with van der Waals surface area (Å²) >= 11 is 0. The zero-order valence-corrected chi connectivity index (χ0v) is 13.7.